The maximum Gasteiger partial charge on any atom is 0.0198 e. The van der Waals surface area contributed by atoms with Crippen LogP contribution in [-0.4, -0.2) is 23.6 Å². The van der Waals surface area contributed by atoms with Crippen molar-refractivity contribution in [2.24, 2.45) is 0 Å². The highest BCUT2D eigenvalue weighted by molar-refractivity contribution is 7.99. The molecule has 14 heavy (non-hydrogen) atoms. The molecule has 0 spiro atoms. The zero-order chi connectivity index (χ0) is 9.80. The van der Waals surface area contributed by atoms with Crippen molar-refractivity contribution in [2.75, 3.05) is 6.26 Å². The molecule has 0 saturated heterocycles. The van der Waals surface area contributed by atoms with Crippen LogP contribution in [-0.2, 0) is 0 Å². The Bertz CT molecular complexity index is 166. The third-order valence-corrected chi connectivity index (χ3v) is 4.98. The van der Waals surface area contributed by atoms with Crippen molar-refractivity contribution < 1.29 is 0 Å². The molecule has 0 radical (unpaired) electrons. The summed E-state index contributed by atoms with van der Waals surface area (Å²) in [7, 11) is 0. The Labute approximate surface area is 92.4 Å². The van der Waals surface area contributed by atoms with Gasteiger partial charge in [0.25, 0.3) is 0 Å². The lowest BCUT2D eigenvalue weighted by Crippen LogP contribution is -2.44. The van der Waals surface area contributed by atoms with E-state index in [0.29, 0.717) is 0 Å². The van der Waals surface area contributed by atoms with E-state index < -0.39 is 0 Å². The minimum Gasteiger partial charge on any atom is -0.310 e. The Morgan fingerprint density at radius 3 is 2.29 bits per heavy atom. The molecular formula is C12H23NS. The summed E-state index contributed by atoms with van der Waals surface area (Å²) in [6, 6.07) is 1.68. The van der Waals surface area contributed by atoms with Gasteiger partial charge in [-0.05, 0) is 31.9 Å². The van der Waals surface area contributed by atoms with Crippen LogP contribution in [0.1, 0.15) is 51.4 Å². The minimum atomic E-state index is 0.821. The first-order chi connectivity index (χ1) is 6.90. The zero-order valence-electron chi connectivity index (χ0n) is 9.30. The third-order valence-electron chi connectivity index (χ3n) is 3.81. The average Bonchev–Trinajstić information content (AvgIpc) is 2.71. The maximum absolute atomic E-state index is 3.90. The molecule has 2 heteroatoms. The fraction of sp³-hybridized carbons (Fsp3) is 1.00. The topological polar surface area (TPSA) is 12.0 Å². The van der Waals surface area contributed by atoms with Crippen LogP contribution in [0.25, 0.3) is 0 Å². The SMILES string of the molecule is CSC1CCCCC1NC1CCCC1. The number of hydrogen-bond acceptors (Lipinski definition) is 2. The van der Waals surface area contributed by atoms with Crippen LogP contribution in [0.2, 0.25) is 0 Å². The largest absolute Gasteiger partial charge is 0.310 e. The Morgan fingerprint density at radius 2 is 1.57 bits per heavy atom. The van der Waals surface area contributed by atoms with Gasteiger partial charge in [0.05, 0.1) is 0 Å². The van der Waals surface area contributed by atoms with Gasteiger partial charge in [-0.1, -0.05) is 25.7 Å². The second-order valence-electron chi connectivity index (χ2n) is 4.81. The highest BCUT2D eigenvalue weighted by Crippen LogP contribution is 2.29. The molecular weight excluding hydrogens is 190 g/mol. The lowest BCUT2D eigenvalue weighted by Gasteiger charge is -2.33. The van der Waals surface area contributed by atoms with Crippen LogP contribution in [0.4, 0.5) is 0 Å². The predicted molar refractivity (Wildman–Crippen MR) is 65.0 cm³/mol. The summed E-state index contributed by atoms with van der Waals surface area (Å²) in [5, 5.41) is 4.79. The van der Waals surface area contributed by atoms with Gasteiger partial charge < -0.3 is 5.32 Å². The van der Waals surface area contributed by atoms with Gasteiger partial charge >= 0.3 is 0 Å². The molecule has 0 aliphatic heterocycles. The molecule has 2 atom stereocenters. The van der Waals surface area contributed by atoms with Gasteiger partial charge in [0.1, 0.15) is 0 Å². The van der Waals surface area contributed by atoms with Crippen molar-refractivity contribution in [1.29, 1.82) is 0 Å². The van der Waals surface area contributed by atoms with Crippen molar-refractivity contribution in [2.45, 2.75) is 68.7 Å². The maximum atomic E-state index is 3.90. The normalized spacial score (nSPS) is 34.9. The Hall–Kier alpha value is 0.310. The van der Waals surface area contributed by atoms with E-state index in [4.69, 9.17) is 0 Å². The van der Waals surface area contributed by atoms with Gasteiger partial charge in [-0.2, -0.15) is 11.8 Å². The van der Waals surface area contributed by atoms with E-state index in [2.05, 4.69) is 23.3 Å². The molecule has 0 heterocycles. The summed E-state index contributed by atoms with van der Waals surface area (Å²) in [5.74, 6) is 0. The van der Waals surface area contributed by atoms with E-state index in [9.17, 15) is 0 Å². The molecule has 2 fully saturated rings. The van der Waals surface area contributed by atoms with Crippen LogP contribution in [0.15, 0.2) is 0 Å². The second kappa shape index (κ2) is 5.41. The second-order valence-corrected chi connectivity index (χ2v) is 5.89. The summed E-state index contributed by atoms with van der Waals surface area (Å²) < 4.78 is 0. The predicted octanol–water partition coefficient (Wildman–Crippen LogP) is 3.19. The lowest BCUT2D eigenvalue weighted by molar-refractivity contribution is 0.346. The first-order valence-corrected chi connectivity index (χ1v) is 7.48. The Balaban J connectivity index is 1.81. The van der Waals surface area contributed by atoms with Crippen LogP contribution < -0.4 is 5.32 Å². The quantitative estimate of drug-likeness (QED) is 0.772. The standard InChI is InChI=1S/C12H23NS/c1-14-12-9-5-4-8-11(12)13-10-6-2-3-7-10/h10-13H,2-9H2,1H3. The molecule has 0 bridgehead atoms. The molecule has 2 aliphatic carbocycles. The summed E-state index contributed by atoms with van der Waals surface area (Å²) in [5.41, 5.74) is 0. The summed E-state index contributed by atoms with van der Waals surface area (Å²) in [4.78, 5) is 0. The number of thioether (sulfide) groups is 1. The Kier molecular flexibility index (Phi) is 4.18. The van der Waals surface area contributed by atoms with Crippen molar-refractivity contribution in [1.82, 2.24) is 5.32 Å². The van der Waals surface area contributed by atoms with Crippen LogP contribution in [0.3, 0.4) is 0 Å². The highest BCUT2D eigenvalue weighted by atomic mass is 32.2. The number of rotatable bonds is 3. The molecule has 1 N–H and O–H groups in total. The lowest BCUT2D eigenvalue weighted by atomic mass is 9.94. The van der Waals surface area contributed by atoms with Gasteiger partial charge in [0.15, 0.2) is 0 Å². The van der Waals surface area contributed by atoms with E-state index in [1.54, 1.807) is 0 Å². The monoisotopic (exact) mass is 213 g/mol. The Morgan fingerprint density at radius 1 is 0.929 bits per heavy atom. The first kappa shape index (κ1) is 10.8. The highest BCUT2D eigenvalue weighted by Gasteiger charge is 2.27. The molecule has 0 amide bonds. The third kappa shape index (κ3) is 2.66. The van der Waals surface area contributed by atoms with Crippen LogP contribution in [0.5, 0.6) is 0 Å². The van der Waals surface area contributed by atoms with Gasteiger partial charge in [0.2, 0.25) is 0 Å². The minimum absolute atomic E-state index is 0.821. The average molecular weight is 213 g/mol. The van der Waals surface area contributed by atoms with E-state index in [1.807, 2.05) is 0 Å². The summed E-state index contributed by atoms with van der Waals surface area (Å²) in [6.45, 7) is 0. The molecule has 2 unspecified atom stereocenters. The molecule has 2 rings (SSSR count). The van der Waals surface area contributed by atoms with Gasteiger partial charge in [0, 0.05) is 17.3 Å². The van der Waals surface area contributed by atoms with Gasteiger partial charge in [-0.15, -0.1) is 0 Å². The smallest absolute Gasteiger partial charge is 0.0198 e. The zero-order valence-corrected chi connectivity index (χ0v) is 10.1. The fourth-order valence-electron chi connectivity index (χ4n) is 2.96. The summed E-state index contributed by atoms with van der Waals surface area (Å²) in [6.07, 6.45) is 13.8. The van der Waals surface area contributed by atoms with Crippen LogP contribution >= 0.6 is 11.8 Å². The first-order valence-electron chi connectivity index (χ1n) is 6.19. The van der Waals surface area contributed by atoms with Crippen molar-refractivity contribution in [3.05, 3.63) is 0 Å². The molecule has 2 saturated carbocycles. The van der Waals surface area contributed by atoms with E-state index in [-0.39, 0.29) is 0 Å². The fourth-order valence-corrected chi connectivity index (χ4v) is 3.91. The number of hydrogen-bond donors (Lipinski definition) is 1. The number of nitrogens with one attached hydrogen (secondary N) is 1. The van der Waals surface area contributed by atoms with Gasteiger partial charge in [-0.3, -0.25) is 0 Å². The summed E-state index contributed by atoms with van der Waals surface area (Å²) >= 11 is 2.07. The van der Waals surface area contributed by atoms with Gasteiger partial charge in [-0.25, -0.2) is 0 Å². The molecule has 0 aromatic rings. The van der Waals surface area contributed by atoms with E-state index >= 15 is 0 Å². The van der Waals surface area contributed by atoms with E-state index in [0.717, 1.165) is 17.3 Å². The van der Waals surface area contributed by atoms with Crippen molar-refractivity contribution in [3.63, 3.8) is 0 Å². The molecule has 0 aromatic carbocycles. The molecule has 1 nitrogen and oxygen atoms in total. The molecule has 82 valence electrons. The molecule has 2 aliphatic rings. The van der Waals surface area contributed by atoms with E-state index in [1.165, 1.54) is 51.4 Å². The van der Waals surface area contributed by atoms with Crippen LogP contribution in [0, 0.1) is 0 Å². The van der Waals surface area contributed by atoms with Crippen molar-refractivity contribution >= 4 is 11.8 Å². The van der Waals surface area contributed by atoms with Crippen molar-refractivity contribution in [3.8, 4) is 0 Å². The molecule has 0 aromatic heterocycles.